The molecule has 0 saturated heterocycles. The van der Waals surface area contributed by atoms with Crippen LogP contribution in [0.4, 0.5) is 0 Å². The number of rotatable bonds is 38. The van der Waals surface area contributed by atoms with Gasteiger partial charge >= 0.3 is 0 Å². The Morgan fingerprint density at radius 2 is 0.761 bits per heavy atom. The highest BCUT2D eigenvalue weighted by molar-refractivity contribution is 4.88. The summed E-state index contributed by atoms with van der Waals surface area (Å²) in [7, 11) is 4.62. The van der Waals surface area contributed by atoms with E-state index < -0.39 is 0 Å². The number of nitrogens with zero attached hydrogens (tertiary/aromatic N) is 1. The standard InChI is InChI=1S/C43H86N2O/c1-5-7-9-11-13-15-17-19-21-23-25-27-29-31-33-35-37-43(45(3)4,39-41-46-42-40-44)38-36-34-32-30-28-26-24-22-20-18-16-14-12-10-8-6-2/h19-22H,5-18,23-42,44H2,1-4H3/b21-19-,22-20-. The van der Waals surface area contributed by atoms with E-state index in [4.69, 9.17) is 10.5 Å². The molecule has 3 heteroatoms. The third-order valence-corrected chi connectivity index (χ3v) is 10.2. The molecule has 0 aromatic heterocycles. The quantitative estimate of drug-likeness (QED) is 0.0536. The molecule has 0 amide bonds. The molecule has 274 valence electrons. The number of ether oxygens (including phenoxy) is 1. The minimum absolute atomic E-state index is 0.274. The molecule has 0 aromatic carbocycles. The van der Waals surface area contributed by atoms with Gasteiger partial charge in [-0.05, 0) is 84.7 Å². The summed E-state index contributed by atoms with van der Waals surface area (Å²) in [5, 5.41) is 0. The molecule has 0 aliphatic carbocycles. The maximum absolute atomic E-state index is 5.89. The van der Waals surface area contributed by atoms with E-state index in [0.29, 0.717) is 13.2 Å². The summed E-state index contributed by atoms with van der Waals surface area (Å²) in [5.41, 5.74) is 5.97. The molecular weight excluding hydrogens is 560 g/mol. The molecule has 0 unspecified atom stereocenters. The molecule has 46 heavy (non-hydrogen) atoms. The molecule has 0 spiro atoms. The van der Waals surface area contributed by atoms with Crippen LogP contribution in [-0.4, -0.2) is 44.3 Å². The molecule has 0 saturated carbocycles. The Balaban J connectivity index is 4.10. The summed E-state index contributed by atoms with van der Waals surface area (Å²) < 4.78 is 5.89. The highest BCUT2D eigenvalue weighted by Crippen LogP contribution is 2.31. The number of nitrogens with two attached hydrogens (primary N) is 1. The summed E-state index contributed by atoms with van der Waals surface area (Å²) in [6, 6.07) is 0. The zero-order chi connectivity index (χ0) is 33.7. The molecule has 0 rings (SSSR count). The lowest BCUT2D eigenvalue weighted by molar-refractivity contribution is 0.0537. The van der Waals surface area contributed by atoms with Gasteiger partial charge in [-0.1, -0.05) is 167 Å². The second-order valence-electron chi connectivity index (χ2n) is 14.6. The topological polar surface area (TPSA) is 38.5 Å². The molecule has 0 aromatic rings. The lowest BCUT2D eigenvalue weighted by atomic mass is 9.82. The lowest BCUT2D eigenvalue weighted by Gasteiger charge is -2.41. The van der Waals surface area contributed by atoms with Crippen molar-refractivity contribution in [3.63, 3.8) is 0 Å². The molecule has 0 fully saturated rings. The van der Waals surface area contributed by atoms with Crippen molar-refractivity contribution >= 4 is 0 Å². The van der Waals surface area contributed by atoms with Crippen LogP contribution in [0.3, 0.4) is 0 Å². The van der Waals surface area contributed by atoms with Gasteiger partial charge in [0.1, 0.15) is 0 Å². The van der Waals surface area contributed by atoms with Crippen LogP contribution in [0.25, 0.3) is 0 Å². The van der Waals surface area contributed by atoms with Gasteiger partial charge in [0.25, 0.3) is 0 Å². The van der Waals surface area contributed by atoms with Gasteiger partial charge < -0.3 is 15.4 Å². The Morgan fingerprint density at radius 1 is 0.435 bits per heavy atom. The van der Waals surface area contributed by atoms with E-state index in [9.17, 15) is 0 Å². The van der Waals surface area contributed by atoms with E-state index in [1.54, 1.807) is 0 Å². The van der Waals surface area contributed by atoms with Crippen molar-refractivity contribution in [1.82, 2.24) is 4.90 Å². The molecule has 0 heterocycles. The summed E-state index contributed by atoms with van der Waals surface area (Å²) in [4.78, 5) is 2.54. The molecule has 3 nitrogen and oxygen atoms in total. The van der Waals surface area contributed by atoms with Crippen LogP contribution in [-0.2, 0) is 4.74 Å². The van der Waals surface area contributed by atoms with Crippen LogP contribution >= 0.6 is 0 Å². The zero-order valence-corrected chi connectivity index (χ0v) is 32.3. The first-order chi connectivity index (χ1) is 22.6. The van der Waals surface area contributed by atoms with Crippen molar-refractivity contribution in [1.29, 1.82) is 0 Å². The fourth-order valence-corrected chi connectivity index (χ4v) is 6.90. The summed E-state index contributed by atoms with van der Waals surface area (Å²) in [5.74, 6) is 0. The first kappa shape index (κ1) is 45.4. The highest BCUT2D eigenvalue weighted by atomic mass is 16.5. The SMILES string of the molecule is CCCCCCCC/C=C\CCCCCCCCC(CCCCCCCC/C=C\CCCCCCCC)(CCOCCN)N(C)C. The van der Waals surface area contributed by atoms with Crippen molar-refractivity contribution in [2.75, 3.05) is 33.9 Å². The zero-order valence-electron chi connectivity index (χ0n) is 32.3. The van der Waals surface area contributed by atoms with Crippen molar-refractivity contribution < 1.29 is 4.74 Å². The molecule has 0 atom stereocenters. The molecule has 2 N–H and O–H groups in total. The average molecular weight is 647 g/mol. The normalized spacial score (nSPS) is 12.5. The number of hydrogen-bond donors (Lipinski definition) is 1. The minimum atomic E-state index is 0.274. The molecule has 0 aliphatic rings. The van der Waals surface area contributed by atoms with Gasteiger partial charge in [0.05, 0.1) is 6.61 Å². The largest absolute Gasteiger partial charge is 0.380 e. The monoisotopic (exact) mass is 647 g/mol. The molecule has 0 radical (unpaired) electrons. The van der Waals surface area contributed by atoms with Crippen LogP contribution in [0, 0.1) is 0 Å². The number of allylic oxidation sites excluding steroid dienone is 4. The molecule has 0 bridgehead atoms. The van der Waals surface area contributed by atoms with Gasteiger partial charge in [-0.15, -0.1) is 0 Å². The summed E-state index contributed by atoms with van der Waals surface area (Å²) in [6.45, 7) is 6.74. The average Bonchev–Trinajstić information content (AvgIpc) is 3.05. The third-order valence-electron chi connectivity index (χ3n) is 10.2. The van der Waals surface area contributed by atoms with Crippen LogP contribution in [0.2, 0.25) is 0 Å². The molecule has 0 aliphatic heterocycles. The van der Waals surface area contributed by atoms with E-state index in [0.717, 1.165) is 13.0 Å². The smallest absolute Gasteiger partial charge is 0.0588 e. The van der Waals surface area contributed by atoms with E-state index in [2.05, 4.69) is 57.1 Å². The van der Waals surface area contributed by atoms with Crippen molar-refractivity contribution in [2.24, 2.45) is 5.73 Å². The summed E-state index contributed by atoms with van der Waals surface area (Å²) >= 11 is 0. The predicted molar refractivity (Wildman–Crippen MR) is 209 cm³/mol. The van der Waals surface area contributed by atoms with Gasteiger partial charge in [0, 0.05) is 18.7 Å². The first-order valence-corrected chi connectivity index (χ1v) is 20.9. The Kier molecular flexibility index (Phi) is 36.7. The Morgan fingerprint density at radius 3 is 1.09 bits per heavy atom. The van der Waals surface area contributed by atoms with Gasteiger partial charge in [-0.2, -0.15) is 0 Å². The maximum Gasteiger partial charge on any atom is 0.0588 e. The lowest BCUT2D eigenvalue weighted by Crippen LogP contribution is -2.45. The highest BCUT2D eigenvalue weighted by Gasteiger charge is 2.31. The fourth-order valence-electron chi connectivity index (χ4n) is 6.90. The van der Waals surface area contributed by atoms with E-state index in [1.807, 2.05) is 0 Å². The Labute approximate surface area is 291 Å². The minimum Gasteiger partial charge on any atom is -0.380 e. The summed E-state index contributed by atoms with van der Waals surface area (Å²) in [6.07, 6.45) is 52.0. The predicted octanol–water partition coefficient (Wildman–Crippen LogP) is 13.5. The Bertz CT molecular complexity index is 586. The molecular formula is C43H86N2O. The van der Waals surface area contributed by atoms with Crippen molar-refractivity contribution in [3.8, 4) is 0 Å². The van der Waals surface area contributed by atoms with E-state index >= 15 is 0 Å². The number of hydrogen-bond acceptors (Lipinski definition) is 3. The second kappa shape index (κ2) is 37.2. The van der Waals surface area contributed by atoms with E-state index in [-0.39, 0.29) is 5.54 Å². The first-order valence-electron chi connectivity index (χ1n) is 20.9. The van der Waals surface area contributed by atoms with Gasteiger partial charge in [-0.25, -0.2) is 0 Å². The van der Waals surface area contributed by atoms with Gasteiger partial charge in [0.15, 0.2) is 0 Å². The second-order valence-corrected chi connectivity index (χ2v) is 14.6. The van der Waals surface area contributed by atoms with Gasteiger partial charge in [-0.3, -0.25) is 0 Å². The van der Waals surface area contributed by atoms with Crippen LogP contribution in [0.15, 0.2) is 24.3 Å². The van der Waals surface area contributed by atoms with Crippen molar-refractivity contribution in [3.05, 3.63) is 24.3 Å². The maximum atomic E-state index is 5.89. The Hall–Kier alpha value is -0.640. The van der Waals surface area contributed by atoms with Crippen LogP contribution in [0.1, 0.15) is 213 Å². The third kappa shape index (κ3) is 30.7. The fraction of sp³-hybridized carbons (Fsp3) is 0.907. The van der Waals surface area contributed by atoms with Gasteiger partial charge in [0.2, 0.25) is 0 Å². The van der Waals surface area contributed by atoms with Crippen LogP contribution in [0.5, 0.6) is 0 Å². The van der Waals surface area contributed by atoms with E-state index in [1.165, 1.54) is 193 Å². The van der Waals surface area contributed by atoms with Crippen molar-refractivity contribution in [2.45, 2.75) is 218 Å². The number of unbranched alkanes of at least 4 members (excludes halogenated alkanes) is 24. The van der Waals surface area contributed by atoms with Crippen LogP contribution < -0.4 is 5.73 Å².